The predicted molar refractivity (Wildman–Crippen MR) is 114 cm³/mol. The first-order chi connectivity index (χ1) is 13.2. The topological polar surface area (TPSA) is 50.7 Å². The molecule has 0 saturated carbocycles. The molecule has 1 aliphatic rings. The van der Waals surface area contributed by atoms with Crippen LogP contribution in [0.1, 0.15) is 31.4 Å². The van der Waals surface area contributed by atoms with Crippen LogP contribution in [0.25, 0.3) is 31.7 Å². The van der Waals surface area contributed by atoms with Crippen molar-refractivity contribution in [2.45, 2.75) is 33.1 Å². The fourth-order valence-electron chi connectivity index (χ4n) is 3.96. The summed E-state index contributed by atoms with van der Waals surface area (Å²) in [6.45, 7) is 5.31. The van der Waals surface area contributed by atoms with E-state index >= 15 is 0 Å². The molecule has 1 N–H and O–H groups in total. The molecule has 0 unspecified atom stereocenters. The summed E-state index contributed by atoms with van der Waals surface area (Å²) in [7, 11) is 0. The van der Waals surface area contributed by atoms with Crippen molar-refractivity contribution in [1.82, 2.24) is 15.0 Å². The lowest BCUT2D eigenvalue weighted by molar-refractivity contribution is 0.687. The van der Waals surface area contributed by atoms with Gasteiger partial charge in [-0.05, 0) is 36.3 Å². The Morgan fingerprint density at radius 1 is 1.07 bits per heavy atom. The first kappa shape index (κ1) is 16.6. The zero-order valence-electron chi connectivity index (χ0n) is 15.6. The minimum absolute atomic E-state index is 0.566. The number of aromatic nitrogens is 3. The van der Waals surface area contributed by atoms with Crippen LogP contribution < -0.4 is 5.32 Å². The summed E-state index contributed by atoms with van der Waals surface area (Å²) in [5.41, 5.74) is 6.26. The Hall–Kier alpha value is -2.53. The van der Waals surface area contributed by atoms with Crippen LogP contribution in [0.15, 0.2) is 36.7 Å². The number of rotatable bonds is 4. The van der Waals surface area contributed by atoms with Gasteiger partial charge in [0.15, 0.2) is 0 Å². The molecule has 0 spiro atoms. The number of pyridine rings is 1. The first-order valence-electron chi connectivity index (χ1n) is 9.60. The third-order valence-electron chi connectivity index (χ3n) is 5.20. The molecule has 3 heterocycles. The molecule has 1 aromatic carbocycles. The van der Waals surface area contributed by atoms with Gasteiger partial charge in [-0.15, -0.1) is 11.3 Å². The van der Waals surface area contributed by atoms with Gasteiger partial charge >= 0.3 is 0 Å². The van der Waals surface area contributed by atoms with E-state index in [-0.39, 0.29) is 0 Å². The Morgan fingerprint density at radius 2 is 1.89 bits per heavy atom. The molecule has 5 heteroatoms. The third kappa shape index (κ3) is 2.77. The van der Waals surface area contributed by atoms with E-state index in [1.807, 2.05) is 0 Å². The van der Waals surface area contributed by atoms with Crippen molar-refractivity contribution in [3.05, 3.63) is 47.8 Å². The minimum atomic E-state index is 0.566. The second kappa shape index (κ2) is 6.57. The second-order valence-corrected chi connectivity index (χ2v) is 8.59. The van der Waals surface area contributed by atoms with Crippen LogP contribution in [0.3, 0.4) is 0 Å². The number of hydrogen-bond donors (Lipinski definition) is 1. The molecule has 1 aliphatic carbocycles. The number of thiophene rings is 1. The van der Waals surface area contributed by atoms with Gasteiger partial charge in [-0.3, -0.25) is 0 Å². The molecule has 4 nitrogen and oxygen atoms in total. The molecule has 4 aromatic rings. The SMILES string of the molecule is CC(C)CNc1ncnc2c1sc1nc(-c3ccccc3)c3c(c12)CCC3. The van der Waals surface area contributed by atoms with Crippen molar-refractivity contribution in [2.24, 2.45) is 5.92 Å². The van der Waals surface area contributed by atoms with E-state index in [1.165, 1.54) is 28.5 Å². The molecule has 0 bridgehead atoms. The maximum atomic E-state index is 5.11. The number of anilines is 1. The van der Waals surface area contributed by atoms with Crippen LogP contribution in [0.4, 0.5) is 5.82 Å². The maximum absolute atomic E-state index is 5.11. The number of benzene rings is 1. The van der Waals surface area contributed by atoms with Gasteiger partial charge in [0.25, 0.3) is 0 Å². The first-order valence-corrected chi connectivity index (χ1v) is 10.4. The summed E-state index contributed by atoms with van der Waals surface area (Å²) < 4.78 is 1.12. The highest BCUT2D eigenvalue weighted by Crippen LogP contribution is 2.43. The van der Waals surface area contributed by atoms with Crippen molar-refractivity contribution < 1.29 is 0 Å². The number of fused-ring (bicyclic) bond motifs is 5. The fourth-order valence-corrected chi connectivity index (χ4v) is 5.08. The van der Waals surface area contributed by atoms with Crippen molar-refractivity contribution in [3.63, 3.8) is 0 Å². The van der Waals surface area contributed by atoms with Crippen molar-refractivity contribution in [3.8, 4) is 11.3 Å². The Balaban J connectivity index is 1.76. The van der Waals surface area contributed by atoms with E-state index in [4.69, 9.17) is 4.98 Å². The summed E-state index contributed by atoms with van der Waals surface area (Å²) in [5.74, 6) is 1.50. The predicted octanol–water partition coefficient (Wildman–Crippen LogP) is 5.46. The molecule has 0 radical (unpaired) electrons. The zero-order chi connectivity index (χ0) is 18.4. The van der Waals surface area contributed by atoms with E-state index in [9.17, 15) is 0 Å². The van der Waals surface area contributed by atoms with Crippen LogP contribution in [0, 0.1) is 5.92 Å². The number of nitrogens with zero attached hydrogens (tertiary/aromatic N) is 3. The molecule has 0 saturated heterocycles. The van der Waals surface area contributed by atoms with E-state index < -0.39 is 0 Å². The molecule has 0 aliphatic heterocycles. The Kier molecular flexibility index (Phi) is 4.05. The van der Waals surface area contributed by atoms with Crippen LogP contribution in [0.5, 0.6) is 0 Å². The van der Waals surface area contributed by atoms with Crippen LogP contribution >= 0.6 is 11.3 Å². The third-order valence-corrected chi connectivity index (χ3v) is 6.28. The van der Waals surface area contributed by atoms with Gasteiger partial charge < -0.3 is 5.32 Å². The normalized spacial score (nSPS) is 13.6. The maximum Gasteiger partial charge on any atom is 0.147 e. The number of aryl methyl sites for hydroxylation is 1. The summed E-state index contributed by atoms with van der Waals surface area (Å²) in [4.78, 5) is 15.4. The fraction of sp³-hybridized carbons (Fsp3) is 0.318. The van der Waals surface area contributed by atoms with Gasteiger partial charge in [-0.1, -0.05) is 44.2 Å². The van der Waals surface area contributed by atoms with E-state index in [0.717, 1.165) is 45.9 Å². The van der Waals surface area contributed by atoms with E-state index in [0.29, 0.717) is 5.92 Å². The van der Waals surface area contributed by atoms with Gasteiger partial charge in [0, 0.05) is 17.5 Å². The van der Waals surface area contributed by atoms with Crippen LogP contribution in [-0.4, -0.2) is 21.5 Å². The zero-order valence-corrected chi connectivity index (χ0v) is 16.4. The molecule has 136 valence electrons. The lowest BCUT2D eigenvalue weighted by Gasteiger charge is -2.09. The van der Waals surface area contributed by atoms with Crippen LogP contribution in [-0.2, 0) is 12.8 Å². The summed E-state index contributed by atoms with van der Waals surface area (Å²) in [5, 5.41) is 4.74. The summed E-state index contributed by atoms with van der Waals surface area (Å²) in [6.07, 6.45) is 5.09. The van der Waals surface area contributed by atoms with Gasteiger partial charge in [0.05, 0.1) is 15.9 Å². The van der Waals surface area contributed by atoms with Crippen molar-refractivity contribution >= 4 is 37.6 Å². The number of hydrogen-bond acceptors (Lipinski definition) is 5. The lowest BCUT2D eigenvalue weighted by Crippen LogP contribution is -2.09. The average molecular weight is 375 g/mol. The van der Waals surface area contributed by atoms with Gasteiger partial charge in [-0.2, -0.15) is 0 Å². The van der Waals surface area contributed by atoms with Gasteiger partial charge in [0.2, 0.25) is 0 Å². The molecule has 0 fully saturated rings. The van der Waals surface area contributed by atoms with Crippen LogP contribution in [0.2, 0.25) is 0 Å². The van der Waals surface area contributed by atoms with Gasteiger partial charge in [0.1, 0.15) is 17.0 Å². The Bertz CT molecular complexity index is 1130. The smallest absolute Gasteiger partial charge is 0.147 e. The molecule has 27 heavy (non-hydrogen) atoms. The quantitative estimate of drug-likeness (QED) is 0.515. The Morgan fingerprint density at radius 3 is 2.70 bits per heavy atom. The highest BCUT2D eigenvalue weighted by atomic mass is 32.1. The highest BCUT2D eigenvalue weighted by Gasteiger charge is 2.24. The molecular formula is C22H22N4S. The second-order valence-electron chi connectivity index (χ2n) is 7.59. The number of nitrogens with one attached hydrogen (secondary N) is 1. The lowest BCUT2D eigenvalue weighted by atomic mass is 10.0. The summed E-state index contributed by atoms with van der Waals surface area (Å²) >= 11 is 1.72. The Labute approximate surface area is 162 Å². The largest absolute Gasteiger partial charge is 0.369 e. The molecule has 0 atom stereocenters. The molecular weight excluding hydrogens is 352 g/mol. The van der Waals surface area contributed by atoms with E-state index in [2.05, 4.69) is 59.5 Å². The molecule has 0 amide bonds. The highest BCUT2D eigenvalue weighted by molar-refractivity contribution is 7.26. The minimum Gasteiger partial charge on any atom is -0.369 e. The molecule has 5 rings (SSSR count). The molecule has 3 aromatic heterocycles. The van der Waals surface area contributed by atoms with Crippen molar-refractivity contribution in [1.29, 1.82) is 0 Å². The monoisotopic (exact) mass is 374 g/mol. The average Bonchev–Trinajstić information content (AvgIpc) is 3.30. The van der Waals surface area contributed by atoms with E-state index in [1.54, 1.807) is 17.7 Å². The van der Waals surface area contributed by atoms with Gasteiger partial charge in [-0.25, -0.2) is 15.0 Å². The van der Waals surface area contributed by atoms with Crippen molar-refractivity contribution in [2.75, 3.05) is 11.9 Å². The summed E-state index contributed by atoms with van der Waals surface area (Å²) in [6, 6.07) is 10.6. The standard InChI is InChI=1S/C22H22N4S/c1-13(2)11-23-21-20-19(24-12-25-21)17-15-9-6-10-16(15)18(26-22(17)27-20)14-7-4-3-5-8-14/h3-5,7-8,12-13H,6,9-11H2,1-2H3,(H,23,24,25).